The summed E-state index contributed by atoms with van der Waals surface area (Å²) in [5.74, 6) is 0. The third kappa shape index (κ3) is 6.16. The summed E-state index contributed by atoms with van der Waals surface area (Å²) in [6.07, 6.45) is 4.25. The molecule has 72 valence electrons. The Bertz CT molecular complexity index is 107. The summed E-state index contributed by atoms with van der Waals surface area (Å²) >= 11 is 0. The SMILES string of the molecule is CCCCN(C=O)CCCNC. The van der Waals surface area contributed by atoms with Crippen LogP contribution in [0.1, 0.15) is 26.2 Å². The fourth-order valence-corrected chi connectivity index (χ4v) is 1.04. The minimum Gasteiger partial charge on any atom is -0.345 e. The summed E-state index contributed by atoms with van der Waals surface area (Å²) < 4.78 is 0. The minimum atomic E-state index is 0.879. The van der Waals surface area contributed by atoms with Crippen molar-refractivity contribution in [3.63, 3.8) is 0 Å². The van der Waals surface area contributed by atoms with Crippen molar-refractivity contribution in [2.45, 2.75) is 26.2 Å². The molecule has 0 fully saturated rings. The quantitative estimate of drug-likeness (QED) is 0.435. The molecule has 0 aliphatic heterocycles. The van der Waals surface area contributed by atoms with Crippen LogP contribution in [0.3, 0.4) is 0 Å². The third-order valence-corrected chi connectivity index (χ3v) is 1.82. The van der Waals surface area contributed by atoms with E-state index < -0.39 is 0 Å². The van der Waals surface area contributed by atoms with Crippen LogP contribution in [0.5, 0.6) is 0 Å². The molecule has 0 bridgehead atoms. The van der Waals surface area contributed by atoms with Crippen LogP contribution in [0.2, 0.25) is 0 Å². The largest absolute Gasteiger partial charge is 0.345 e. The van der Waals surface area contributed by atoms with Crippen molar-refractivity contribution in [2.75, 3.05) is 26.7 Å². The number of rotatable bonds is 8. The van der Waals surface area contributed by atoms with Gasteiger partial charge in [0.05, 0.1) is 0 Å². The zero-order valence-electron chi connectivity index (χ0n) is 8.18. The first-order valence-electron chi connectivity index (χ1n) is 4.69. The van der Waals surface area contributed by atoms with E-state index in [0.29, 0.717) is 0 Å². The fraction of sp³-hybridized carbons (Fsp3) is 0.889. The van der Waals surface area contributed by atoms with E-state index in [2.05, 4.69) is 12.2 Å². The van der Waals surface area contributed by atoms with Gasteiger partial charge in [0.25, 0.3) is 0 Å². The molecule has 0 aliphatic carbocycles. The molecule has 1 N–H and O–H groups in total. The highest BCUT2D eigenvalue weighted by Crippen LogP contribution is 1.92. The maximum absolute atomic E-state index is 10.5. The zero-order valence-corrected chi connectivity index (χ0v) is 8.18. The van der Waals surface area contributed by atoms with Crippen LogP contribution in [0.15, 0.2) is 0 Å². The van der Waals surface area contributed by atoms with Crippen LogP contribution < -0.4 is 5.32 Å². The monoisotopic (exact) mass is 172 g/mol. The van der Waals surface area contributed by atoms with Gasteiger partial charge in [0.1, 0.15) is 0 Å². The van der Waals surface area contributed by atoms with Crippen molar-refractivity contribution < 1.29 is 4.79 Å². The number of carbonyl (C=O) groups is 1. The molecule has 0 saturated heterocycles. The molecule has 3 heteroatoms. The zero-order chi connectivity index (χ0) is 9.23. The summed E-state index contributed by atoms with van der Waals surface area (Å²) in [4.78, 5) is 12.4. The van der Waals surface area contributed by atoms with Gasteiger partial charge in [0.15, 0.2) is 0 Å². The van der Waals surface area contributed by atoms with Crippen LogP contribution in [0.25, 0.3) is 0 Å². The summed E-state index contributed by atoms with van der Waals surface area (Å²) in [5.41, 5.74) is 0. The van der Waals surface area contributed by atoms with Gasteiger partial charge >= 0.3 is 0 Å². The molecule has 0 aromatic carbocycles. The van der Waals surface area contributed by atoms with Gasteiger partial charge in [-0.1, -0.05) is 13.3 Å². The molecule has 0 aliphatic rings. The number of hydrogen-bond acceptors (Lipinski definition) is 2. The van der Waals surface area contributed by atoms with Gasteiger partial charge in [0, 0.05) is 13.1 Å². The van der Waals surface area contributed by atoms with Gasteiger partial charge in [-0.25, -0.2) is 0 Å². The van der Waals surface area contributed by atoms with Gasteiger partial charge in [0.2, 0.25) is 6.41 Å². The predicted octanol–water partition coefficient (Wildman–Crippen LogP) is 0.854. The lowest BCUT2D eigenvalue weighted by Crippen LogP contribution is -2.26. The number of amides is 1. The normalized spacial score (nSPS) is 9.83. The van der Waals surface area contributed by atoms with Crippen molar-refractivity contribution in [2.24, 2.45) is 0 Å². The molecular weight excluding hydrogens is 152 g/mol. The molecule has 0 spiro atoms. The number of carbonyl (C=O) groups excluding carboxylic acids is 1. The fourth-order valence-electron chi connectivity index (χ4n) is 1.04. The standard InChI is InChI=1S/C9H20N2O/c1-3-4-7-11(9-12)8-5-6-10-2/h9-10H,3-8H2,1-2H3. The van der Waals surface area contributed by atoms with E-state index in [0.717, 1.165) is 45.3 Å². The summed E-state index contributed by atoms with van der Waals surface area (Å²) in [6.45, 7) is 4.90. The Hall–Kier alpha value is -0.570. The number of hydrogen-bond donors (Lipinski definition) is 1. The first kappa shape index (κ1) is 11.4. The Morgan fingerprint density at radius 3 is 2.50 bits per heavy atom. The van der Waals surface area contributed by atoms with Crippen LogP contribution >= 0.6 is 0 Å². The molecule has 0 atom stereocenters. The predicted molar refractivity (Wildman–Crippen MR) is 51.1 cm³/mol. The maximum atomic E-state index is 10.5. The van der Waals surface area contributed by atoms with Crippen molar-refractivity contribution in [1.29, 1.82) is 0 Å². The molecule has 0 unspecified atom stereocenters. The Balaban J connectivity index is 3.32. The molecule has 0 heterocycles. The van der Waals surface area contributed by atoms with E-state index in [1.54, 1.807) is 0 Å². The van der Waals surface area contributed by atoms with Crippen LogP contribution in [-0.2, 0) is 4.79 Å². The highest BCUT2D eigenvalue weighted by atomic mass is 16.1. The van der Waals surface area contributed by atoms with Crippen molar-refractivity contribution >= 4 is 6.41 Å². The second-order valence-electron chi connectivity index (χ2n) is 2.95. The van der Waals surface area contributed by atoms with E-state index in [4.69, 9.17) is 0 Å². The topological polar surface area (TPSA) is 32.3 Å². The smallest absolute Gasteiger partial charge is 0.209 e. The van der Waals surface area contributed by atoms with E-state index in [1.165, 1.54) is 0 Å². The van der Waals surface area contributed by atoms with E-state index in [1.807, 2.05) is 11.9 Å². The van der Waals surface area contributed by atoms with E-state index >= 15 is 0 Å². The average Bonchev–Trinajstić information content (AvgIpc) is 2.11. The Kier molecular flexibility index (Phi) is 8.12. The molecule has 12 heavy (non-hydrogen) atoms. The molecule has 0 saturated carbocycles. The molecule has 0 radical (unpaired) electrons. The van der Waals surface area contributed by atoms with E-state index in [-0.39, 0.29) is 0 Å². The molecule has 0 aromatic rings. The van der Waals surface area contributed by atoms with Crippen molar-refractivity contribution in [3.05, 3.63) is 0 Å². The van der Waals surface area contributed by atoms with Gasteiger partial charge in [-0.3, -0.25) is 4.79 Å². The second-order valence-corrected chi connectivity index (χ2v) is 2.95. The second kappa shape index (κ2) is 8.53. The number of nitrogens with zero attached hydrogens (tertiary/aromatic N) is 1. The number of nitrogens with one attached hydrogen (secondary N) is 1. The number of unbranched alkanes of at least 4 members (excludes halogenated alkanes) is 1. The third-order valence-electron chi connectivity index (χ3n) is 1.82. The van der Waals surface area contributed by atoms with Crippen molar-refractivity contribution in [3.8, 4) is 0 Å². The molecule has 1 amide bonds. The van der Waals surface area contributed by atoms with E-state index in [9.17, 15) is 4.79 Å². The maximum Gasteiger partial charge on any atom is 0.209 e. The molecule has 0 aromatic heterocycles. The Morgan fingerprint density at radius 1 is 1.33 bits per heavy atom. The first-order valence-corrected chi connectivity index (χ1v) is 4.69. The molecule has 3 nitrogen and oxygen atoms in total. The van der Waals surface area contributed by atoms with Gasteiger partial charge in [-0.15, -0.1) is 0 Å². The summed E-state index contributed by atoms with van der Waals surface area (Å²) in [7, 11) is 1.93. The molecular formula is C9H20N2O. The summed E-state index contributed by atoms with van der Waals surface area (Å²) in [5, 5.41) is 3.06. The van der Waals surface area contributed by atoms with Crippen LogP contribution in [0.4, 0.5) is 0 Å². The lowest BCUT2D eigenvalue weighted by atomic mass is 10.3. The van der Waals surface area contributed by atoms with Crippen LogP contribution in [0, 0.1) is 0 Å². The Labute approximate surface area is 75.1 Å². The van der Waals surface area contributed by atoms with Crippen molar-refractivity contribution in [1.82, 2.24) is 10.2 Å². The summed E-state index contributed by atoms with van der Waals surface area (Å²) in [6, 6.07) is 0. The lowest BCUT2D eigenvalue weighted by Gasteiger charge is -2.16. The lowest BCUT2D eigenvalue weighted by molar-refractivity contribution is -0.118. The molecule has 0 rings (SSSR count). The van der Waals surface area contributed by atoms with Crippen LogP contribution in [-0.4, -0.2) is 38.0 Å². The highest BCUT2D eigenvalue weighted by Gasteiger charge is 1.98. The average molecular weight is 172 g/mol. The van der Waals surface area contributed by atoms with Gasteiger partial charge in [-0.05, 0) is 26.4 Å². The van der Waals surface area contributed by atoms with Gasteiger partial charge in [-0.2, -0.15) is 0 Å². The Morgan fingerprint density at radius 2 is 2.00 bits per heavy atom. The van der Waals surface area contributed by atoms with Gasteiger partial charge < -0.3 is 10.2 Å². The first-order chi connectivity index (χ1) is 5.85. The minimum absolute atomic E-state index is 0.879. The highest BCUT2D eigenvalue weighted by molar-refractivity contribution is 5.46.